The van der Waals surface area contributed by atoms with Gasteiger partial charge in [-0.3, -0.25) is 4.79 Å². The number of benzene rings is 1. The van der Waals surface area contributed by atoms with Gasteiger partial charge in [0.25, 0.3) is 0 Å². The summed E-state index contributed by atoms with van der Waals surface area (Å²) in [6.07, 6.45) is 4.38. The van der Waals surface area contributed by atoms with E-state index in [2.05, 4.69) is 32.7 Å². The van der Waals surface area contributed by atoms with Gasteiger partial charge in [0, 0.05) is 6.54 Å². The molecule has 2 amide bonds. The van der Waals surface area contributed by atoms with Crippen LogP contribution in [0.5, 0.6) is 0 Å². The molecule has 6 atom stereocenters. The zero-order chi connectivity index (χ0) is 24.1. The molecule has 2 bridgehead atoms. The van der Waals surface area contributed by atoms with Gasteiger partial charge >= 0.3 is 13.2 Å². The first-order chi connectivity index (χ1) is 16.2. The van der Waals surface area contributed by atoms with Crippen molar-refractivity contribution >= 4 is 19.1 Å². The minimum atomic E-state index is -0.541. The number of nitrogens with one attached hydrogen (secondary N) is 1. The van der Waals surface area contributed by atoms with Crippen molar-refractivity contribution in [3.8, 4) is 0 Å². The van der Waals surface area contributed by atoms with Gasteiger partial charge in [-0.2, -0.15) is 0 Å². The highest BCUT2D eigenvalue weighted by Gasteiger charge is 2.68. The third-order valence-electron chi connectivity index (χ3n) is 8.91. The first-order valence-corrected chi connectivity index (χ1v) is 12.5. The van der Waals surface area contributed by atoms with Crippen molar-refractivity contribution in [3.05, 3.63) is 48.6 Å². The van der Waals surface area contributed by atoms with E-state index in [4.69, 9.17) is 14.0 Å². The van der Waals surface area contributed by atoms with E-state index in [1.165, 1.54) is 12.5 Å². The van der Waals surface area contributed by atoms with E-state index < -0.39 is 13.2 Å². The fourth-order valence-electron chi connectivity index (χ4n) is 6.54. The van der Waals surface area contributed by atoms with Gasteiger partial charge in [0.2, 0.25) is 5.91 Å². The van der Waals surface area contributed by atoms with E-state index in [9.17, 15) is 9.59 Å². The van der Waals surface area contributed by atoms with Gasteiger partial charge < -0.3 is 24.3 Å². The summed E-state index contributed by atoms with van der Waals surface area (Å²) in [5.41, 5.74) is 0.995. The van der Waals surface area contributed by atoms with Crippen LogP contribution in [-0.4, -0.2) is 60.9 Å². The summed E-state index contributed by atoms with van der Waals surface area (Å²) in [6, 6.07) is 9.93. The van der Waals surface area contributed by atoms with Crippen LogP contribution in [0.15, 0.2) is 43.0 Å². The Balaban J connectivity index is 1.25. The lowest BCUT2D eigenvalue weighted by Gasteiger charge is -2.64. The monoisotopic (exact) mass is 466 g/mol. The Kier molecular flexibility index (Phi) is 6.01. The second-order valence-electron chi connectivity index (χ2n) is 11.1. The highest BCUT2D eigenvalue weighted by atomic mass is 16.7. The fourth-order valence-corrected chi connectivity index (χ4v) is 6.54. The molecule has 8 heteroatoms. The summed E-state index contributed by atoms with van der Waals surface area (Å²) in [6.45, 7) is 11.2. The smallest absolute Gasteiger partial charge is 0.447 e. The number of amides is 2. The van der Waals surface area contributed by atoms with E-state index in [1.807, 2.05) is 30.3 Å². The van der Waals surface area contributed by atoms with Crippen molar-refractivity contribution in [2.45, 2.75) is 70.1 Å². The predicted octanol–water partition coefficient (Wildman–Crippen LogP) is 3.38. The van der Waals surface area contributed by atoms with Gasteiger partial charge in [-0.25, -0.2) is 4.79 Å². The second kappa shape index (κ2) is 8.72. The fraction of sp³-hybridized carbons (Fsp3) is 0.615. The average Bonchev–Trinajstić information content (AvgIpc) is 3.15. The molecule has 1 aromatic carbocycles. The van der Waals surface area contributed by atoms with Crippen LogP contribution in [0.1, 0.15) is 45.6 Å². The molecule has 2 saturated heterocycles. The van der Waals surface area contributed by atoms with Crippen LogP contribution in [0.4, 0.5) is 4.79 Å². The van der Waals surface area contributed by atoms with Gasteiger partial charge in [-0.1, -0.05) is 50.8 Å². The van der Waals surface area contributed by atoms with E-state index in [1.54, 1.807) is 4.90 Å². The Labute approximate surface area is 202 Å². The van der Waals surface area contributed by atoms with Crippen LogP contribution in [0.3, 0.4) is 0 Å². The maximum absolute atomic E-state index is 12.8. The Morgan fingerprint density at radius 2 is 2.06 bits per heavy atom. The molecule has 0 radical (unpaired) electrons. The summed E-state index contributed by atoms with van der Waals surface area (Å²) in [5.74, 6) is 0.592. The molecule has 2 aliphatic heterocycles. The molecule has 3 aliphatic carbocycles. The van der Waals surface area contributed by atoms with Crippen LogP contribution in [0, 0.1) is 17.3 Å². The molecule has 5 aliphatic rings. The Morgan fingerprint density at radius 3 is 2.71 bits per heavy atom. The van der Waals surface area contributed by atoms with Crippen LogP contribution in [0.25, 0.3) is 0 Å². The molecule has 1 N–H and O–H groups in total. The van der Waals surface area contributed by atoms with Gasteiger partial charge in [-0.15, -0.1) is 0 Å². The van der Waals surface area contributed by atoms with Crippen molar-refractivity contribution in [1.82, 2.24) is 10.2 Å². The molecule has 34 heavy (non-hydrogen) atoms. The Bertz CT molecular complexity index is 956. The first kappa shape index (κ1) is 23.4. The minimum Gasteiger partial charge on any atom is -0.447 e. The molecule has 2 heterocycles. The lowest BCUT2D eigenvalue weighted by molar-refractivity contribution is -0.199. The number of ether oxygens (including phenoxy) is 1. The number of carbonyl (C=O) groups is 2. The number of likely N-dealkylation sites (tertiary alicyclic amines) is 1. The molecule has 7 nitrogen and oxygen atoms in total. The van der Waals surface area contributed by atoms with Crippen molar-refractivity contribution in [1.29, 1.82) is 0 Å². The topological polar surface area (TPSA) is 77.1 Å². The zero-order valence-corrected chi connectivity index (χ0v) is 20.4. The summed E-state index contributed by atoms with van der Waals surface area (Å²) in [7, 11) is -0.541. The quantitative estimate of drug-likeness (QED) is 0.493. The summed E-state index contributed by atoms with van der Waals surface area (Å²) in [5, 5.41) is 3.01. The van der Waals surface area contributed by atoms with Crippen LogP contribution >= 0.6 is 0 Å². The first-order valence-electron chi connectivity index (χ1n) is 12.5. The molecular weight excluding hydrogens is 431 g/mol. The standard InChI is InChI=1S/C26H35BN2O5/c1-5-23(30)29-12-11-19(29)16-32-24(31)28-22(13-17-9-7-6-8-10-17)27-33-21-15-18-14-20(25(18,2)3)26(21,4)34-27/h5-10,18-22H,1,11-16H2,2-4H3,(H,28,31)/t18-,19-,20-,21+,22-,26-/m0/s1. The van der Waals surface area contributed by atoms with Gasteiger partial charge in [0.15, 0.2) is 0 Å². The van der Waals surface area contributed by atoms with Crippen molar-refractivity contribution in [2.24, 2.45) is 17.3 Å². The maximum atomic E-state index is 12.8. The molecule has 182 valence electrons. The SMILES string of the molecule is C=CC(=O)N1CC[C@H]1COC(=O)N[C@@H](Cc1ccccc1)B1O[C@@H]2C[C@@H]3C[C@@H](C3(C)C)[C@]2(C)O1. The summed E-state index contributed by atoms with van der Waals surface area (Å²) in [4.78, 5) is 26.3. The van der Waals surface area contributed by atoms with Crippen molar-refractivity contribution in [2.75, 3.05) is 13.2 Å². The number of rotatable bonds is 7. The third kappa shape index (κ3) is 3.95. The number of nitrogens with zero attached hydrogens (tertiary/aromatic N) is 1. The summed E-state index contributed by atoms with van der Waals surface area (Å²) < 4.78 is 18.6. The van der Waals surface area contributed by atoms with E-state index in [0.29, 0.717) is 24.8 Å². The van der Waals surface area contributed by atoms with E-state index in [-0.39, 0.29) is 41.6 Å². The molecule has 6 rings (SSSR count). The molecule has 0 aromatic heterocycles. The molecule has 0 unspecified atom stereocenters. The number of hydrogen-bond donors (Lipinski definition) is 1. The molecule has 0 spiro atoms. The molecule has 1 aromatic rings. The molecular formula is C26H35BN2O5. The van der Waals surface area contributed by atoms with Gasteiger partial charge in [-0.05, 0) is 61.5 Å². The van der Waals surface area contributed by atoms with E-state index in [0.717, 1.165) is 18.4 Å². The molecule has 5 fully saturated rings. The lowest BCUT2D eigenvalue weighted by atomic mass is 9.43. The van der Waals surface area contributed by atoms with Crippen LogP contribution in [-0.2, 0) is 25.3 Å². The van der Waals surface area contributed by atoms with Crippen LogP contribution in [0.2, 0.25) is 0 Å². The highest BCUT2D eigenvalue weighted by molar-refractivity contribution is 6.47. The van der Waals surface area contributed by atoms with Gasteiger partial charge in [0.1, 0.15) is 6.61 Å². The molecule has 3 saturated carbocycles. The predicted molar refractivity (Wildman–Crippen MR) is 129 cm³/mol. The van der Waals surface area contributed by atoms with Gasteiger partial charge in [0.05, 0.1) is 23.7 Å². The largest absolute Gasteiger partial charge is 0.482 e. The minimum absolute atomic E-state index is 0.0406. The summed E-state index contributed by atoms with van der Waals surface area (Å²) >= 11 is 0. The Hall–Kier alpha value is -2.32. The Morgan fingerprint density at radius 1 is 1.29 bits per heavy atom. The van der Waals surface area contributed by atoms with Crippen molar-refractivity contribution < 1.29 is 23.6 Å². The normalized spacial score (nSPS) is 33.7. The highest BCUT2D eigenvalue weighted by Crippen LogP contribution is 2.65. The lowest BCUT2D eigenvalue weighted by Crippen LogP contribution is -2.65. The maximum Gasteiger partial charge on any atom is 0.482 e. The second-order valence-corrected chi connectivity index (χ2v) is 11.1. The number of carbonyl (C=O) groups excluding carboxylic acids is 2. The average molecular weight is 466 g/mol. The van der Waals surface area contributed by atoms with E-state index >= 15 is 0 Å². The number of hydrogen-bond acceptors (Lipinski definition) is 5. The number of alkyl carbamates (subject to hydrolysis) is 1. The third-order valence-corrected chi connectivity index (χ3v) is 8.91. The van der Waals surface area contributed by atoms with Crippen molar-refractivity contribution in [3.63, 3.8) is 0 Å². The zero-order valence-electron chi connectivity index (χ0n) is 20.4. The van der Waals surface area contributed by atoms with Crippen LogP contribution < -0.4 is 5.32 Å².